The van der Waals surface area contributed by atoms with Crippen LogP contribution in [0.2, 0.25) is 0 Å². The topological polar surface area (TPSA) is 32.3 Å². The standard InChI is InChI=1S/C14H20FNO/c1-10(16-12-5-3-2-4-6-12)11-7-8-14(17)13(15)9-11/h7-10,12,16-17H,2-6H2,1H3/t10-/m0/s1. The van der Waals surface area contributed by atoms with E-state index in [0.717, 1.165) is 5.56 Å². The van der Waals surface area contributed by atoms with E-state index in [1.165, 1.54) is 44.2 Å². The maximum Gasteiger partial charge on any atom is 0.165 e. The second kappa shape index (κ2) is 5.50. The van der Waals surface area contributed by atoms with Crippen molar-refractivity contribution in [2.45, 2.75) is 51.1 Å². The Morgan fingerprint density at radius 3 is 2.65 bits per heavy atom. The normalized spacial score (nSPS) is 19.2. The molecule has 1 aliphatic rings. The summed E-state index contributed by atoms with van der Waals surface area (Å²) in [5.41, 5.74) is 0.894. The van der Waals surface area contributed by atoms with Crippen molar-refractivity contribution in [2.75, 3.05) is 0 Å². The predicted molar refractivity (Wildman–Crippen MR) is 66.5 cm³/mol. The van der Waals surface area contributed by atoms with Crippen molar-refractivity contribution in [3.8, 4) is 5.75 Å². The number of halogens is 1. The lowest BCUT2D eigenvalue weighted by Crippen LogP contribution is -2.33. The Kier molecular flexibility index (Phi) is 4.00. The minimum Gasteiger partial charge on any atom is -0.505 e. The summed E-state index contributed by atoms with van der Waals surface area (Å²) in [5.74, 6) is -0.821. The Hall–Kier alpha value is -1.09. The minimum atomic E-state index is -0.542. The first-order valence-electron chi connectivity index (χ1n) is 6.41. The van der Waals surface area contributed by atoms with Gasteiger partial charge in [0.05, 0.1) is 0 Å². The average Bonchev–Trinajstić information content (AvgIpc) is 2.34. The first-order chi connectivity index (χ1) is 8.16. The van der Waals surface area contributed by atoms with Crippen LogP contribution in [0, 0.1) is 5.82 Å². The fraction of sp³-hybridized carbons (Fsp3) is 0.571. The smallest absolute Gasteiger partial charge is 0.165 e. The molecule has 1 fully saturated rings. The third-order valence-corrected chi connectivity index (χ3v) is 3.56. The van der Waals surface area contributed by atoms with Gasteiger partial charge in [-0.25, -0.2) is 4.39 Å². The summed E-state index contributed by atoms with van der Waals surface area (Å²) in [7, 11) is 0. The van der Waals surface area contributed by atoms with E-state index in [0.29, 0.717) is 6.04 Å². The Balaban J connectivity index is 1.98. The van der Waals surface area contributed by atoms with Crippen molar-refractivity contribution in [1.82, 2.24) is 5.32 Å². The molecule has 2 nitrogen and oxygen atoms in total. The van der Waals surface area contributed by atoms with Crippen molar-refractivity contribution in [2.24, 2.45) is 0 Å². The lowest BCUT2D eigenvalue weighted by molar-refractivity contribution is 0.346. The van der Waals surface area contributed by atoms with E-state index in [9.17, 15) is 4.39 Å². The molecular formula is C14H20FNO. The van der Waals surface area contributed by atoms with Gasteiger partial charge < -0.3 is 10.4 Å². The maximum atomic E-state index is 13.2. The minimum absolute atomic E-state index is 0.133. The number of hydrogen-bond donors (Lipinski definition) is 2. The summed E-state index contributed by atoms with van der Waals surface area (Å²) < 4.78 is 13.2. The quantitative estimate of drug-likeness (QED) is 0.843. The molecule has 1 saturated carbocycles. The van der Waals surface area contributed by atoms with E-state index in [1.807, 2.05) is 6.92 Å². The molecule has 2 N–H and O–H groups in total. The molecule has 17 heavy (non-hydrogen) atoms. The maximum absolute atomic E-state index is 13.2. The van der Waals surface area contributed by atoms with Crippen molar-refractivity contribution in [3.63, 3.8) is 0 Å². The van der Waals surface area contributed by atoms with Crippen LogP contribution in [0.25, 0.3) is 0 Å². The van der Waals surface area contributed by atoms with E-state index in [4.69, 9.17) is 5.11 Å². The summed E-state index contributed by atoms with van der Waals surface area (Å²) >= 11 is 0. The lowest BCUT2D eigenvalue weighted by atomic mass is 9.94. The Morgan fingerprint density at radius 2 is 2.00 bits per heavy atom. The molecule has 2 rings (SSSR count). The molecule has 0 unspecified atom stereocenters. The van der Waals surface area contributed by atoms with Crippen LogP contribution >= 0.6 is 0 Å². The zero-order valence-electron chi connectivity index (χ0n) is 10.2. The first-order valence-corrected chi connectivity index (χ1v) is 6.41. The second-order valence-corrected chi connectivity index (χ2v) is 4.93. The number of phenolic OH excluding ortho intramolecular Hbond substituents is 1. The predicted octanol–water partition coefficient (Wildman–Crippen LogP) is 3.51. The number of benzene rings is 1. The van der Waals surface area contributed by atoms with Gasteiger partial charge in [-0.05, 0) is 37.5 Å². The van der Waals surface area contributed by atoms with E-state index >= 15 is 0 Å². The van der Waals surface area contributed by atoms with Crippen LogP contribution in [-0.2, 0) is 0 Å². The van der Waals surface area contributed by atoms with Crippen LogP contribution in [0.5, 0.6) is 5.75 Å². The summed E-state index contributed by atoms with van der Waals surface area (Å²) in [6.07, 6.45) is 6.33. The summed E-state index contributed by atoms with van der Waals surface area (Å²) in [4.78, 5) is 0. The van der Waals surface area contributed by atoms with Gasteiger partial charge in [0, 0.05) is 12.1 Å². The molecule has 0 bridgehead atoms. The highest BCUT2D eigenvalue weighted by Crippen LogP contribution is 2.24. The van der Waals surface area contributed by atoms with Gasteiger partial charge in [-0.1, -0.05) is 25.3 Å². The van der Waals surface area contributed by atoms with Crippen molar-refractivity contribution >= 4 is 0 Å². The van der Waals surface area contributed by atoms with Gasteiger partial charge in [-0.3, -0.25) is 0 Å². The van der Waals surface area contributed by atoms with E-state index in [2.05, 4.69) is 5.32 Å². The van der Waals surface area contributed by atoms with Crippen LogP contribution in [0.4, 0.5) is 4.39 Å². The van der Waals surface area contributed by atoms with Crippen molar-refractivity contribution in [3.05, 3.63) is 29.6 Å². The molecule has 0 saturated heterocycles. The van der Waals surface area contributed by atoms with Crippen LogP contribution in [-0.4, -0.2) is 11.1 Å². The molecule has 1 aliphatic carbocycles. The molecule has 1 atom stereocenters. The lowest BCUT2D eigenvalue weighted by Gasteiger charge is -2.26. The summed E-state index contributed by atoms with van der Waals surface area (Å²) in [6.45, 7) is 2.04. The van der Waals surface area contributed by atoms with Crippen molar-refractivity contribution in [1.29, 1.82) is 0 Å². The fourth-order valence-electron chi connectivity index (χ4n) is 2.51. The molecule has 1 aromatic carbocycles. The number of hydrogen-bond acceptors (Lipinski definition) is 2. The third kappa shape index (κ3) is 3.19. The van der Waals surface area contributed by atoms with Gasteiger partial charge in [0.15, 0.2) is 11.6 Å². The molecule has 3 heteroatoms. The molecular weight excluding hydrogens is 217 g/mol. The van der Waals surface area contributed by atoms with Gasteiger partial charge in [-0.2, -0.15) is 0 Å². The second-order valence-electron chi connectivity index (χ2n) is 4.93. The zero-order chi connectivity index (χ0) is 12.3. The highest BCUT2D eigenvalue weighted by atomic mass is 19.1. The number of phenols is 1. The van der Waals surface area contributed by atoms with Gasteiger partial charge >= 0.3 is 0 Å². The molecule has 1 aromatic rings. The fourth-order valence-corrected chi connectivity index (χ4v) is 2.51. The van der Waals surface area contributed by atoms with Crippen molar-refractivity contribution < 1.29 is 9.50 Å². The molecule has 0 aromatic heterocycles. The van der Waals surface area contributed by atoms with E-state index < -0.39 is 5.82 Å². The molecule has 0 amide bonds. The van der Waals surface area contributed by atoms with Crippen LogP contribution in [0.1, 0.15) is 50.6 Å². The molecule has 94 valence electrons. The Labute approximate surface area is 102 Å². The number of nitrogens with one attached hydrogen (secondary N) is 1. The van der Waals surface area contributed by atoms with E-state index in [-0.39, 0.29) is 11.8 Å². The van der Waals surface area contributed by atoms with Crippen LogP contribution in [0.15, 0.2) is 18.2 Å². The SMILES string of the molecule is C[C@H](NC1CCCCC1)c1ccc(O)c(F)c1. The highest BCUT2D eigenvalue weighted by molar-refractivity contribution is 5.29. The van der Waals surface area contributed by atoms with E-state index in [1.54, 1.807) is 6.07 Å². The third-order valence-electron chi connectivity index (χ3n) is 3.56. The monoisotopic (exact) mass is 237 g/mol. The van der Waals surface area contributed by atoms with Gasteiger partial charge in [-0.15, -0.1) is 0 Å². The Morgan fingerprint density at radius 1 is 1.29 bits per heavy atom. The van der Waals surface area contributed by atoms with Crippen LogP contribution < -0.4 is 5.32 Å². The molecule has 0 aliphatic heterocycles. The summed E-state index contributed by atoms with van der Waals surface area (Å²) in [6, 6.07) is 5.29. The number of rotatable bonds is 3. The van der Waals surface area contributed by atoms with Gasteiger partial charge in [0.2, 0.25) is 0 Å². The molecule has 0 radical (unpaired) electrons. The first kappa shape index (κ1) is 12.4. The zero-order valence-corrected chi connectivity index (χ0v) is 10.2. The van der Waals surface area contributed by atoms with Crippen LogP contribution in [0.3, 0.4) is 0 Å². The largest absolute Gasteiger partial charge is 0.505 e. The summed E-state index contributed by atoms with van der Waals surface area (Å²) in [5, 5.41) is 12.7. The molecule has 0 heterocycles. The highest BCUT2D eigenvalue weighted by Gasteiger charge is 2.16. The average molecular weight is 237 g/mol. The Bertz CT molecular complexity index is 374. The number of aromatic hydroxyl groups is 1. The van der Waals surface area contributed by atoms with Gasteiger partial charge in [0.25, 0.3) is 0 Å². The molecule has 0 spiro atoms. The van der Waals surface area contributed by atoms with Gasteiger partial charge in [0.1, 0.15) is 0 Å².